The highest BCUT2D eigenvalue weighted by atomic mass is 16.5. The number of ether oxygens (including phenoxy) is 1. The molecule has 118 valence electrons. The lowest BCUT2D eigenvalue weighted by atomic mass is 10.1. The Hall–Kier alpha value is -1.91. The predicted octanol–water partition coefficient (Wildman–Crippen LogP) is 2.15. The Labute approximate surface area is 127 Å². The molecule has 0 unspecified atom stereocenters. The van der Waals surface area contributed by atoms with Gasteiger partial charge in [0.2, 0.25) is 0 Å². The van der Waals surface area contributed by atoms with Crippen LogP contribution in [0, 0.1) is 5.92 Å². The summed E-state index contributed by atoms with van der Waals surface area (Å²) in [6.07, 6.45) is 0.724. The van der Waals surface area contributed by atoms with Crippen LogP contribution in [-0.2, 0) is 6.42 Å². The number of nitrogens with zero attached hydrogens (tertiary/aromatic N) is 1. The molecule has 0 radical (unpaired) electrons. The first-order valence-corrected chi connectivity index (χ1v) is 7.44. The maximum absolute atomic E-state index is 9.91. The van der Waals surface area contributed by atoms with Crippen LogP contribution in [0.3, 0.4) is 0 Å². The normalized spacial score (nSPS) is 11.6. The number of methoxy groups -OCH3 is 1. The van der Waals surface area contributed by atoms with E-state index in [0.29, 0.717) is 18.2 Å². The maximum Gasteiger partial charge on any atom is 0.191 e. The molecule has 0 spiro atoms. The average Bonchev–Trinajstić information content (AvgIpc) is 2.46. The van der Waals surface area contributed by atoms with Gasteiger partial charge in [0.05, 0.1) is 7.11 Å². The number of hydrogen-bond donors (Lipinski definition) is 3. The Balaban J connectivity index is 2.51. The van der Waals surface area contributed by atoms with Gasteiger partial charge in [0.15, 0.2) is 5.96 Å². The van der Waals surface area contributed by atoms with Crippen LogP contribution in [0.15, 0.2) is 23.2 Å². The number of aliphatic imine (C=N–C) groups is 1. The standard InChI is InChI=1S/C16H27N3O2/c1-5-17-16(19-11-12(2)3)18-9-8-13-6-7-14(21-4)10-15(13)20/h6-7,10,12,20H,5,8-9,11H2,1-4H3,(H2,17,18,19). The molecule has 0 saturated carbocycles. The molecule has 1 rings (SSSR count). The lowest BCUT2D eigenvalue weighted by Crippen LogP contribution is -2.38. The monoisotopic (exact) mass is 293 g/mol. The third-order valence-corrected chi connectivity index (χ3v) is 2.94. The Bertz CT molecular complexity index is 459. The number of phenolic OH excluding ortho intramolecular Hbond substituents is 1. The van der Waals surface area contributed by atoms with E-state index in [1.54, 1.807) is 13.2 Å². The van der Waals surface area contributed by atoms with E-state index in [4.69, 9.17) is 4.74 Å². The molecule has 3 N–H and O–H groups in total. The molecule has 0 saturated heterocycles. The van der Waals surface area contributed by atoms with E-state index >= 15 is 0 Å². The van der Waals surface area contributed by atoms with Gasteiger partial charge in [-0.25, -0.2) is 0 Å². The van der Waals surface area contributed by atoms with E-state index in [9.17, 15) is 5.11 Å². The molecule has 0 fully saturated rings. The Kier molecular flexibility index (Phi) is 7.43. The van der Waals surface area contributed by atoms with Gasteiger partial charge in [-0.05, 0) is 30.9 Å². The van der Waals surface area contributed by atoms with Crippen molar-refractivity contribution in [2.45, 2.75) is 27.2 Å². The number of hydrogen-bond acceptors (Lipinski definition) is 3. The fourth-order valence-electron chi connectivity index (χ4n) is 1.81. The molecule has 0 amide bonds. The molecule has 5 nitrogen and oxygen atoms in total. The maximum atomic E-state index is 9.91. The molecule has 0 aliphatic rings. The highest BCUT2D eigenvalue weighted by Gasteiger charge is 2.04. The molecule has 0 aliphatic heterocycles. The topological polar surface area (TPSA) is 65.9 Å². The van der Waals surface area contributed by atoms with Crippen LogP contribution >= 0.6 is 0 Å². The average molecular weight is 293 g/mol. The molecular formula is C16H27N3O2. The van der Waals surface area contributed by atoms with Gasteiger partial charge in [-0.2, -0.15) is 0 Å². The zero-order valence-corrected chi connectivity index (χ0v) is 13.4. The summed E-state index contributed by atoms with van der Waals surface area (Å²) in [4.78, 5) is 4.51. The Morgan fingerprint density at radius 2 is 2.10 bits per heavy atom. The van der Waals surface area contributed by atoms with E-state index in [0.717, 1.165) is 31.0 Å². The zero-order valence-electron chi connectivity index (χ0n) is 13.4. The van der Waals surface area contributed by atoms with Gasteiger partial charge in [0.1, 0.15) is 11.5 Å². The molecule has 0 bridgehead atoms. The van der Waals surface area contributed by atoms with Crippen LogP contribution in [-0.4, -0.2) is 37.8 Å². The summed E-state index contributed by atoms with van der Waals surface area (Å²) in [6, 6.07) is 5.37. The number of guanidine groups is 1. The summed E-state index contributed by atoms with van der Waals surface area (Å²) < 4.78 is 5.07. The lowest BCUT2D eigenvalue weighted by Gasteiger charge is -2.12. The van der Waals surface area contributed by atoms with Crippen molar-refractivity contribution >= 4 is 5.96 Å². The second kappa shape index (κ2) is 9.10. The molecular weight excluding hydrogens is 266 g/mol. The van der Waals surface area contributed by atoms with Crippen LogP contribution < -0.4 is 15.4 Å². The molecule has 1 aromatic rings. The predicted molar refractivity (Wildman–Crippen MR) is 87.2 cm³/mol. The fourth-order valence-corrected chi connectivity index (χ4v) is 1.81. The number of phenols is 1. The van der Waals surface area contributed by atoms with Crippen molar-refractivity contribution in [1.82, 2.24) is 10.6 Å². The summed E-state index contributed by atoms with van der Waals surface area (Å²) in [5.74, 6) is 2.28. The minimum absolute atomic E-state index is 0.264. The Morgan fingerprint density at radius 1 is 1.33 bits per heavy atom. The highest BCUT2D eigenvalue weighted by Crippen LogP contribution is 2.23. The van der Waals surface area contributed by atoms with E-state index in [1.165, 1.54) is 0 Å². The SMILES string of the molecule is CCNC(=NCC(C)C)NCCc1ccc(OC)cc1O. The zero-order chi connectivity index (χ0) is 15.7. The second-order valence-electron chi connectivity index (χ2n) is 5.28. The largest absolute Gasteiger partial charge is 0.508 e. The first-order valence-electron chi connectivity index (χ1n) is 7.44. The summed E-state index contributed by atoms with van der Waals surface area (Å²) in [5, 5.41) is 16.4. The van der Waals surface area contributed by atoms with Gasteiger partial charge in [-0.3, -0.25) is 4.99 Å². The van der Waals surface area contributed by atoms with Gasteiger partial charge < -0.3 is 20.5 Å². The van der Waals surface area contributed by atoms with Crippen molar-refractivity contribution in [3.05, 3.63) is 23.8 Å². The van der Waals surface area contributed by atoms with Gasteiger partial charge in [0, 0.05) is 25.7 Å². The number of rotatable bonds is 7. The van der Waals surface area contributed by atoms with Crippen molar-refractivity contribution in [1.29, 1.82) is 0 Å². The molecule has 21 heavy (non-hydrogen) atoms. The van der Waals surface area contributed by atoms with Crippen molar-refractivity contribution in [2.75, 3.05) is 26.7 Å². The van der Waals surface area contributed by atoms with Crippen LogP contribution in [0.2, 0.25) is 0 Å². The molecule has 0 aromatic heterocycles. The number of nitrogens with one attached hydrogen (secondary N) is 2. The highest BCUT2D eigenvalue weighted by molar-refractivity contribution is 5.79. The summed E-state index contributed by atoms with van der Waals surface area (Å²) >= 11 is 0. The van der Waals surface area contributed by atoms with Crippen molar-refractivity contribution in [3.63, 3.8) is 0 Å². The van der Waals surface area contributed by atoms with Gasteiger partial charge in [-0.15, -0.1) is 0 Å². The summed E-state index contributed by atoms with van der Waals surface area (Å²) in [5.41, 5.74) is 0.892. The van der Waals surface area contributed by atoms with Gasteiger partial charge in [-0.1, -0.05) is 19.9 Å². The Morgan fingerprint density at radius 3 is 2.67 bits per heavy atom. The second-order valence-corrected chi connectivity index (χ2v) is 5.28. The van der Waals surface area contributed by atoms with E-state index < -0.39 is 0 Å². The minimum Gasteiger partial charge on any atom is -0.508 e. The minimum atomic E-state index is 0.264. The molecule has 1 aromatic carbocycles. The molecule has 0 aliphatic carbocycles. The summed E-state index contributed by atoms with van der Waals surface area (Å²) in [6.45, 7) is 8.66. The van der Waals surface area contributed by atoms with Crippen LogP contribution in [0.5, 0.6) is 11.5 Å². The van der Waals surface area contributed by atoms with Crippen molar-refractivity contribution in [3.8, 4) is 11.5 Å². The van der Waals surface area contributed by atoms with E-state index in [1.807, 2.05) is 19.1 Å². The van der Waals surface area contributed by atoms with Crippen LogP contribution in [0.4, 0.5) is 0 Å². The van der Waals surface area contributed by atoms with Gasteiger partial charge >= 0.3 is 0 Å². The van der Waals surface area contributed by atoms with Gasteiger partial charge in [0.25, 0.3) is 0 Å². The third-order valence-electron chi connectivity index (χ3n) is 2.94. The number of aromatic hydroxyl groups is 1. The van der Waals surface area contributed by atoms with E-state index in [-0.39, 0.29) is 5.75 Å². The molecule has 0 atom stereocenters. The molecule has 0 heterocycles. The quantitative estimate of drug-likeness (QED) is 0.532. The smallest absolute Gasteiger partial charge is 0.191 e. The van der Waals surface area contributed by atoms with E-state index in [2.05, 4.69) is 29.5 Å². The fraction of sp³-hybridized carbons (Fsp3) is 0.562. The van der Waals surface area contributed by atoms with Crippen molar-refractivity contribution in [2.24, 2.45) is 10.9 Å². The van der Waals surface area contributed by atoms with Crippen LogP contribution in [0.1, 0.15) is 26.3 Å². The first-order chi connectivity index (χ1) is 10.1. The lowest BCUT2D eigenvalue weighted by molar-refractivity contribution is 0.406. The van der Waals surface area contributed by atoms with Crippen LogP contribution in [0.25, 0.3) is 0 Å². The third kappa shape index (κ3) is 6.38. The first kappa shape index (κ1) is 17.1. The number of benzene rings is 1. The summed E-state index contributed by atoms with van der Waals surface area (Å²) in [7, 11) is 1.59. The van der Waals surface area contributed by atoms with Crippen molar-refractivity contribution < 1.29 is 9.84 Å². The molecule has 5 heteroatoms.